The van der Waals surface area contributed by atoms with Crippen molar-refractivity contribution in [1.82, 2.24) is 5.32 Å². The molecule has 0 heterocycles. The Labute approximate surface area is 168 Å². The molecule has 0 aliphatic rings. The van der Waals surface area contributed by atoms with Crippen LogP contribution in [0.2, 0.25) is 0 Å². The van der Waals surface area contributed by atoms with Gasteiger partial charge in [0.25, 0.3) is 11.8 Å². The third kappa shape index (κ3) is 6.61. The largest absolute Gasteiger partial charge is 0.490 e. The second kappa shape index (κ2) is 9.90. The summed E-state index contributed by atoms with van der Waals surface area (Å²) in [6.45, 7) is -2.90. The first-order chi connectivity index (χ1) is 14.1. The molecule has 2 N–H and O–H groups in total. The lowest BCUT2D eigenvalue weighted by molar-refractivity contribution is -0.123. The quantitative estimate of drug-likeness (QED) is 0.612. The van der Waals surface area contributed by atoms with Crippen LogP contribution < -0.4 is 20.1 Å². The van der Waals surface area contributed by atoms with Crippen LogP contribution in [0.1, 0.15) is 27.6 Å². The van der Waals surface area contributed by atoms with E-state index in [9.17, 15) is 31.5 Å². The number of benzene rings is 2. The van der Waals surface area contributed by atoms with E-state index in [1.165, 1.54) is 36.4 Å². The Bertz CT molecular complexity index is 903. The summed E-state index contributed by atoms with van der Waals surface area (Å²) in [5.74, 6) is -2.13. The van der Waals surface area contributed by atoms with Crippen molar-refractivity contribution < 1.29 is 41.0 Å². The fourth-order valence-corrected chi connectivity index (χ4v) is 2.37. The highest BCUT2D eigenvalue weighted by molar-refractivity contribution is 6.09. The number of anilines is 1. The zero-order chi connectivity index (χ0) is 22.3. The SMILES string of the molecule is CCOc1cc(C(=O)Nc2ccccc2C(=O)NCC(F)(F)F)ccc1OC(F)F. The van der Waals surface area contributed by atoms with Crippen LogP contribution in [0.4, 0.5) is 27.6 Å². The van der Waals surface area contributed by atoms with Gasteiger partial charge in [-0.1, -0.05) is 12.1 Å². The monoisotopic (exact) mass is 432 g/mol. The van der Waals surface area contributed by atoms with Crippen molar-refractivity contribution in [3.63, 3.8) is 0 Å². The predicted molar refractivity (Wildman–Crippen MR) is 97.0 cm³/mol. The zero-order valence-electron chi connectivity index (χ0n) is 15.6. The molecule has 2 aromatic carbocycles. The Hall–Kier alpha value is -3.37. The maximum absolute atomic E-state index is 12.5. The van der Waals surface area contributed by atoms with Crippen LogP contribution in [0.3, 0.4) is 0 Å². The molecule has 2 aromatic rings. The molecule has 2 amide bonds. The third-order valence-electron chi connectivity index (χ3n) is 3.59. The molecule has 0 radical (unpaired) electrons. The van der Waals surface area contributed by atoms with E-state index in [2.05, 4.69) is 10.1 Å². The van der Waals surface area contributed by atoms with E-state index in [4.69, 9.17) is 4.74 Å². The summed E-state index contributed by atoms with van der Waals surface area (Å²) in [6.07, 6.45) is -4.59. The summed E-state index contributed by atoms with van der Waals surface area (Å²) >= 11 is 0. The summed E-state index contributed by atoms with van der Waals surface area (Å²) in [6, 6.07) is 8.95. The molecule has 0 bridgehead atoms. The molecule has 2 rings (SSSR count). The lowest BCUT2D eigenvalue weighted by Crippen LogP contribution is -2.34. The summed E-state index contributed by atoms with van der Waals surface area (Å²) in [7, 11) is 0. The van der Waals surface area contributed by atoms with Crippen LogP contribution in [0, 0.1) is 0 Å². The van der Waals surface area contributed by atoms with Crippen molar-refractivity contribution >= 4 is 17.5 Å². The van der Waals surface area contributed by atoms with Crippen LogP contribution in [0.25, 0.3) is 0 Å². The Balaban J connectivity index is 2.22. The first kappa shape index (κ1) is 22.9. The maximum Gasteiger partial charge on any atom is 0.405 e. The first-order valence-electron chi connectivity index (χ1n) is 8.57. The van der Waals surface area contributed by atoms with E-state index in [0.29, 0.717) is 0 Å². The molecule has 0 unspecified atom stereocenters. The minimum absolute atomic E-state index is 0.00873. The number of amides is 2. The lowest BCUT2D eigenvalue weighted by atomic mass is 10.1. The van der Waals surface area contributed by atoms with E-state index >= 15 is 0 Å². The van der Waals surface area contributed by atoms with Gasteiger partial charge in [-0.3, -0.25) is 9.59 Å². The number of nitrogens with one attached hydrogen (secondary N) is 2. The van der Waals surface area contributed by atoms with Gasteiger partial charge in [-0.2, -0.15) is 22.0 Å². The molecule has 0 aliphatic heterocycles. The van der Waals surface area contributed by atoms with Gasteiger partial charge in [-0.25, -0.2) is 0 Å². The first-order valence-corrected chi connectivity index (χ1v) is 8.57. The average molecular weight is 432 g/mol. The second-order valence-electron chi connectivity index (χ2n) is 5.77. The van der Waals surface area contributed by atoms with E-state index in [0.717, 1.165) is 6.07 Å². The topological polar surface area (TPSA) is 76.7 Å². The molecule has 0 spiro atoms. The number of hydrogen-bond donors (Lipinski definition) is 2. The van der Waals surface area contributed by atoms with Gasteiger partial charge in [0.1, 0.15) is 6.54 Å². The number of alkyl halides is 5. The number of halogens is 5. The Morgan fingerprint density at radius 2 is 1.73 bits per heavy atom. The van der Waals surface area contributed by atoms with Gasteiger partial charge in [0, 0.05) is 5.56 Å². The van der Waals surface area contributed by atoms with Crippen LogP contribution in [0.5, 0.6) is 11.5 Å². The van der Waals surface area contributed by atoms with Gasteiger partial charge >= 0.3 is 12.8 Å². The normalized spacial score (nSPS) is 11.2. The molecule has 6 nitrogen and oxygen atoms in total. The molecule has 11 heteroatoms. The summed E-state index contributed by atoms with van der Waals surface area (Å²) < 4.78 is 71.4. The molecule has 0 saturated heterocycles. The van der Waals surface area contributed by atoms with Crippen LogP contribution in [0.15, 0.2) is 42.5 Å². The highest BCUT2D eigenvalue weighted by Gasteiger charge is 2.28. The van der Waals surface area contributed by atoms with Crippen molar-refractivity contribution in [1.29, 1.82) is 0 Å². The van der Waals surface area contributed by atoms with Gasteiger partial charge in [0.05, 0.1) is 17.9 Å². The van der Waals surface area contributed by atoms with Crippen molar-refractivity contribution in [2.75, 3.05) is 18.5 Å². The van der Waals surface area contributed by atoms with E-state index in [1.54, 1.807) is 12.2 Å². The Morgan fingerprint density at radius 1 is 1.03 bits per heavy atom. The lowest BCUT2D eigenvalue weighted by Gasteiger charge is -2.14. The molecule has 0 fully saturated rings. The number of hydrogen-bond acceptors (Lipinski definition) is 4. The minimum atomic E-state index is -4.59. The summed E-state index contributed by atoms with van der Waals surface area (Å²) in [4.78, 5) is 24.6. The van der Waals surface area contributed by atoms with Crippen LogP contribution in [-0.4, -0.2) is 37.8 Å². The maximum atomic E-state index is 12.5. The van der Waals surface area contributed by atoms with Gasteiger partial charge in [0.2, 0.25) is 0 Å². The average Bonchev–Trinajstić information content (AvgIpc) is 2.67. The zero-order valence-corrected chi connectivity index (χ0v) is 15.6. The highest BCUT2D eigenvalue weighted by Crippen LogP contribution is 2.30. The van der Waals surface area contributed by atoms with Crippen molar-refractivity contribution in [3.05, 3.63) is 53.6 Å². The van der Waals surface area contributed by atoms with Gasteiger partial charge in [0.15, 0.2) is 11.5 Å². The van der Waals surface area contributed by atoms with Gasteiger partial charge < -0.3 is 20.1 Å². The van der Waals surface area contributed by atoms with E-state index in [1.807, 2.05) is 0 Å². The predicted octanol–water partition coefficient (Wildman–Crippen LogP) is 4.23. The number of para-hydroxylation sites is 1. The number of carbonyl (C=O) groups excluding carboxylic acids is 2. The number of rotatable bonds is 8. The third-order valence-corrected chi connectivity index (χ3v) is 3.59. The Morgan fingerprint density at radius 3 is 2.37 bits per heavy atom. The number of ether oxygens (including phenoxy) is 2. The Kier molecular flexibility index (Phi) is 7.56. The molecule has 0 aliphatic carbocycles. The van der Waals surface area contributed by atoms with Crippen molar-refractivity contribution in [3.8, 4) is 11.5 Å². The van der Waals surface area contributed by atoms with Crippen molar-refractivity contribution in [2.45, 2.75) is 19.7 Å². The van der Waals surface area contributed by atoms with Crippen molar-refractivity contribution in [2.24, 2.45) is 0 Å². The minimum Gasteiger partial charge on any atom is -0.490 e. The molecule has 162 valence electrons. The van der Waals surface area contributed by atoms with Gasteiger partial charge in [-0.05, 0) is 37.3 Å². The fraction of sp³-hybridized carbons (Fsp3) is 0.263. The van der Waals surface area contributed by atoms with Gasteiger partial charge in [-0.15, -0.1) is 0 Å². The molecule has 0 aromatic heterocycles. The van der Waals surface area contributed by atoms with E-state index < -0.39 is 31.1 Å². The van der Waals surface area contributed by atoms with E-state index in [-0.39, 0.29) is 34.9 Å². The highest BCUT2D eigenvalue weighted by atomic mass is 19.4. The van der Waals surface area contributed by atoms with Crippen LogP contribution >= 0.6 is 0 Å². The summed E-state index contributed by atoms with van der Waals surface area (Å²) in [5.41, 5.74) is -0.226. The molecular formula is C19H17F5N2O4. The smallest absolute Gasteiger partial charge is 0.405 e. The summed E-state index contributed by atoms with van der Waals surface area (Å²) in [5, 5.41) is 4.13. The molecule has 30 heavy (non-hydrogen) atoms. The standard InChI is InChI=1S/C19H17F5N2O4/c1-2-29-15-9-11(7-8-14(15)30-18(20)21)16(27)26-13-6-4-3-5-12(13)17(28)25-10-19(22,23)24/h3-9,18H,2,10H2,1H3,(H,25,28)(H,26,27). The molecule has 0 saturated carbocycles. The molecular weight excluding hydrogens is 415 g/mol. The number of carbonyl (C=O) groups is 2. The fourth-order valence-electron chi connectivity index (χ4n) is 2.37. The van der Waals surface area contributed by atoms with Crippen LogP contribution in [-0.2, 0) is 0 Å². The second-order valence-corrected chi connectivity index (χ2v) is 5.77. The molecule has 0 atom stereocenters.